The lowest BCUT2D eigenvalue weighted by Crippen LogP contribution is -2.40. The normalized spacial score (nSPS) is 16.3. The zero-order valence-corrected chi connectivity index (χ0v) is 19.7. The van der Waals surface area contributed by atoms with E-state index >= 15 is 0 Å². The number of carbonyl (C=O) groups excluding carboxylic acids is 1. The van der Waals surface area contributed by atoms with Crippen molar-refractivity contribution in [3.05, 3.63) is 54.2 Å². The molecule has 0 saturated carbocycles. The molecular weight excluding hydrogens is 460 g/mol. The van der Waals surface area contributed by atoms with Gasteiger partial charge in [-0.05, 0) is 24.3 Å². The van der Waals surface area contributed by atoms with Crippen molar-refractivity contribution in [3.8, 4) is 11.4 Å². The Hall–Kier alpha value is -4.09. The summed E-state index contributed by atoms with van der Waals surface area (Å²) in [7, 11) is 0. The predicted molar refractivity (Wildman–Crippen MR) is 134 cm³/mol. The number of hydrogen-bond donors (Lipinski definition) is 2. The number of fused-ring (bicyclic) bond motifs is 1. The van der Waals surface area contributed by atoms with E-state index in [1.165, 1.54) is 0 Å². The third-order valence-electron chi connectivity index (χ3n) is 6.31. The van der Waals surface area contributed by atoms with Crippen molar-refractivity contribution in [3.63, 3.8) is 0 Å². The van der Waals surface area contributed by atoms with Crippen LogP contribution in [0.1, 0.15) is 10.4 Å². The lowest BCUT2D eigenvalue weighted by Gasteiger charge is -2.27. The first-order valence-corrected chi connectivity index (χ1v) is 12.0. The third-order valence-corrected chi connectivity index (χ3v) is 6.31. The van der Waals surface area contributed by atoms with Crippen molar-refractivity contribution < 1.29 is 14.3 Å². The number of amides is 1. The Bertz CT molecular complexity index is 1380. The molecule has 36 heavy (non-hydrogen) atoms. The highest BCUT2D eigenvalue weighted by molar-refractivity contribution is 5.95. The summed E-state index contributed by atoms with van der Waals surface area (Å²) in [6.45, 7) is 4.94. The molecule has 2 saturated heterocycles. The number of H-pyrrole nitrogens is 1. The number of ether oxygens (including phenoxy) is 2. The van der Waals surface area contributed by atoms with E-state index < -0.39 is 0 Å². The molecular formula is C25H26N8O3. The van der Waals surface area contributed by atoms with Crippen molar-refractivity contribution >= 4 is 34.4 Å². The second-order valence-electron chi connectivity index (χ2n) is 8.63. The monoisotopic (exact) mass is 486 g/mol. The maximum Gasteiger partial charge on any atom is 0.254 e. The number of benzene rings is 2. The van der Waals surface area contributed by atoms with Crippen molar-refractivity contribution in [2.75, 3.05) is 62.8 Å². The highest BCUT2D eigenvalue weighted by Gasteiger charge is 2.20. The van der Waals surface area contributed by atoms with Gasteiger partial charge in [-0.2, -0.15) is 20.1 Å². The van der Waals surface area contributed by atoms with E-state index in [0.717, 1.165) is 22.2 Å². The summed E-state index contributed by atoms with van der Waals surface area (Å²) in [5.41, 5.74) is 3.09. The van der Waals surface area contributed by atoms with E-state index in [1.54, 1.807) is 6.20 Å². The van der Waals surface area contributed by atoms with Crippen molar-refractivity contribution in [2.45, 2.75) is 0 Å². The minimum Gasteiger partial charge on any atom is -0.378 e. The second-order valence-corrected chi connectivity index (χ2v) is 8.63. The lowest BCUT2D eigenvalue weighted by molar-refractivity contribution is 0.0303. The molecule has 2 aliphatic rings. The number of morpholine rings is 2. The Kier molecular flexibility index (Phi) is 6.14. The molecule has 11 heteroatoms. The summed E-state index contributed by atoms with van der Waals surface area (Å²) in [5, 5.41) is 11.4. The van der Waals surface area contributed by atoms with Crippen LogP contribution in [0.5, 0.6) is 0 Å². The number of nitrogens with one attached hydrogen (secondary N) is 2. The summed E-state index contributed by atoms with van der Waals surface area (Å²) >= 11 is 0. The van der Waals surface area contributed by atoms with Crippen LogP contribution < -0.4 is 10.2 Å². The molecule has 184 valence electrons. The van der Waals surface area contributed by atoms with Gasteiger partial charge >= 0.3 is 0 Å². The van der Waals surface area contributed by atoms with Gasteiger partial charge in [0, 0.05) is 48.4 Å². The smallest absolute Gasteiger partial charge is 0.254 e. The number of carbonyl (C=O) groups is 1. The predicted octanol–water partition coefficient (Wildman–Crippen LogP) is 2.47. The van der Waals surface area contributed by atoms with Gasteiger partial charge in [0.05, 0.1) is 38.1 Å². The maximum atomic E-state index is 13.0. The Morgan fingerprint density at radius 3 is 2.53 bits per heavy atom. The standard InChI is InChI=1S/C25H26N8O3/c34-23(32-7-11-35-12-8-32)17-3-1-4-18(15-17)27-24-28-22(19-5-2-6-21-20(19)16-26-31-21)29-25(30-24)33-9-13-36-14-10-33/h1-6,15-16H,7-14H2,(H,26,31)(H,27,28,29,30). The molecule has 0 unspecified atom stereocenters. The Labute approximate surface area is 207 Å². The van der Waals surface area contributed by atoms with Crippen molar-refractivity contribution in [2.24, 2.45) is 0 Å². The van der Waals surface area contributed by atoms with E-state index in [4.69, 9.17) is 24.4 Å². The van der Waals surface area contributed by atoms with Gasteiger partial charge in [0.15, 0.2) is 5.82 Å². The number of anilines is 3. The van der Waals surface area contributed by atoms with Crippen LogP contribution in [0.2, 0.25) is 0 Å². The van der Waals surface area contributed by atoms with E-state index in [9.17, 15) is 4.79 Å². The van der Waals surface area contributed by atoms with Gasteiger partial charge in [0.2, 0.25) is 11.9 Å². The van der Waals surface area contributed by atoms with Crippen LogP contribution in [0.4, 0.5) is 17.6 Å². The van der Waals surface area contributed by atoms with Gasteiger partial charge in [0.1, 0.15) is 0 Å². The minimum absolute atomic E-state index is 0.0149. The van der Waals surface area contributed by atoms with Crippen LogP contribution >= 0.6 is 0 Å². The Morgan fingerprint density at radius 1 is 0.917 bits per heavy atom. The molecule has 0 aliphatic carbocycles. The fourth-order valence-electron chi connectivity index (χ4n) is 4.42. The largest absolute Gasteiger partial charge is 0.378 e. The van der Waals surface area contributed by atoms with Crippen LogP contribution in [0.3, 0.4) is 0 Å². The minimum atomic E-state index is -0.0149. The van der Waals surface area contributed by atoms with Gasteiger partial charge in [0.25, 0.3) is 5.91 Å². The number of aromatic nitrogens is 5. The fourth-order valence-corrected chi connectivity index (χ4v) is 4.42. The number of hydrogen-bond acceptors (Lipinski definition) is 9. The van der Waals surface area contributed by atoms with Gasteiger partial charge in [-0.15, -0.1) is 0 Å². The first kappa shape index (κ1) is 22.4. The molecule has 0 atom stereocenters. The maximum absolute atomic E-state index is 13.0. The van der Waals surface area contributed by atoms with Crippen LogP contribution in [0, 0.1) is 0 Å². The zero-order valence-electron chi connectivity index (χ0n) is 19.7. The number of aromatic amines is 1. The molecule has 0 spiro atoms. The molecule has 6 rings (SSSR count). The van der Waals surface area contributed by atoms with E-state index in [2.05, 4.69) is 20.4 Å². The average Bonchev–Trinajstić information content (AvgIpc) is 3.43. The van der Waals surface area contributed by atoms with Gasteiger partial charge in [-0.3, -0.25) is 9.89 Å². The SMILES string of the molecule is O=C(c1cccc(Nc2nc(-c3cccc4[nH]ncc34)nc(N3CCOCC3)n2)c1)N1CCOCC1. The Morgan fingerprint density at radius 2 is 1.69 bits per heavy atom. The quantitative estimate of drug-likeness (QED) is 0.438. The topological polar surface area (TPSA) is 121 Å². The molecule has 2 aliphatic heterocycles. The molecule has 4 heterocycles. The zero-order chi connectivity index (χ0) is 24.3. The molecule has 0 bridgehead atoms. The number of rotatable bonds is 5. The number of nitrogens with zero attached hydrogens (tertiary/aromatic N) is 6. The molecule has 2 N–H and O–H groups in total. The molecule has 2 aromatic heterocycles. The summed E-state index contributed by atoms with van der Waals surface area (Å²) in [5.74, 6) is 1.50. The van der Waals surface area contributed by atoms with E-state index in [0.29, 0.717) is 75.9 Å². The van der Waals surface area contributed by atoms with Gasteiger partial charge in [-0.25, -0.2) is 0 Å². The van der Waals surface area contributed by atoms with Crippen LogP contribution in [0.15, 0.2) is 48.7 Å². The Balaban J connectivity index is 1.34. The summed E-state index contributed by atoms with van der Waals surface area (Å²) in [6.07, 6.45) is 1.77. The van der Waals surface area contributed by atoms with Crippen molar-refractivity contribution in [1.82, 2.24) is 30.0 Å². The molecule has 1 amide bonds. The summed E-state index contributed by atoms with van der Waals surface area (Å²) < 4.78 is 10.9. The van der Waals surface area contributed by atoms with Gasteiger partial charge < -0.3 is 24.6 Å². The van der Waals surface area contributed by atoms with Gasteiger partial charge in [-0.1, -0.05) is 18.2 Å². The molecule has 4 aromatic rings. The molecule has 2 fully saturated rings. The highest BCUT2D eigenvalue weighted by Crippen LogP contribution is 2.28. The first-order valence-electron chi connectivity index (χ1n) is 12.0. The van der Waals surface area contributed by atoms with E-state index in [1.807, 2.05) is 47.4 Å². The highest BCUT2D eigenvalue weighted by atomic mass is 16.5. The second kappa shape index (κ2) is 9.88. The van der Waals surface area contributed by atoms with Crippen LogP contribution in [0.25, 0.3) is 22.3 Å². The van der Waals surface area contributed by atoms with Crippen molar-refractivity contribution in [1.29, 1.82) is 0 Å². The molecule has 2 aromatic carbocycles. The van der Waals surface area contributed by atoms with Crippen LogP contribution in [-0.4, -0.2) is 88.6 Å². The molecule has 11 nitrogen and oxygen atoms in total. The molecule has 0 radical (unpaired) electrons. The van der Waals surface area contributed by atoms with Crippen LogP contribution in [-0.2, 0) is 9.47 Å². The third kappa shape index (κ3) is 4.58. The van der Waals surface area contributed by atoms with E-state index in [-0.39, 0.29) is 5.91 Å². The lowest BCUT2D eigenvalue weighted by atomic mass is 10.1. The first-order chi connectivity index (χ1) is 17.7. The average molecular weight is 487 g/mol. The summed E-state index contributed by atoms with van der Waals surface area (Å²) in [4.78, 5) is 31.1. The fraction of sp³-hybridized carbons (Fsp3) is 0.320. The summed E-state index contributed by atoms with van der Waals surface area (Å²) in [6, 6.07) is 13.3.